The molecule has 0 aliphatic carbocycles. The summed E-state index contributed by atoms with van der Waals surface area (Å²) in [7, 11) is -3.47. The van der Waals surface area contributed by atoms with E-state index >= 15 is 0 Å². The highest BCUT2D eigenvalue weighted by Crippen LogP contribution is 2.25. The maximum Gasteiger partial charge on any atom is 0.253 e. The number of para-hydroxylation sites is 1. The molecule has 0 aromatic heterocycles. The van der Waals surface area contributed by atoms with Crippen LogP contribution in [0.4, 0.5) is 11.4 Å². The van der Waals surface area contributed by atoms with Crippen LogP contribution in [-0.4, -0.2) is 33.7 Å². The number of amides is 1. The molecule has 1 aliphatic heterocycles. The smallest absolute Gasteiger partial charge is 0.253 e. The van der Waals surface area contributed by atoms with Gasteiger partial charge in [0, 0.05) is 18.8 Å². The number of benzene rings is 2. The number of nitrogens with zero attached hydrogens (tertiary/aromatic N) is 1. The van der Waals surface area contributed by atoms with Gasteiger partial charge in [-0.3, -0.25) is 9.52 Å². The summed E-state index contributed by atoms with van der Waals surface area (Å²) in [5, 5.41) is 2.96. The Labute approximate surface area is 173 Å². The predicted molar refractivity (Wildman–Crippen MR) is 118 cm³/mol. The molecule has 1 amide bonds. The summed E-state index contributed by atoms with van der Waals surface area (Å²) in [6.07, 6.45) is 3.57. The van der Waals surface area contributed by atoms with Gasteiger partial charge >= 0.3 is 0 Å². The molecule has 2 aromatic carbocycles. The summed E-state index contributed by atoms with van der Waals surface area (Å²) in [5.41, 5.74) is 2.78. The quantitative estimate of drug-likeness (QED) is 0.752. The van der Waals surface area contributed by atoms with E-state index in [-0.39, 0.29) is 17.6 Å². The van der Waals surface area contributed by atoms with Gasteiger partial charge < -0.3 is 10.2 Å². The molecule has 1 aliphatic rings. The molecule has 6 nitrogen and oxygen atoms in total. The zero-order chi connectivity index (χ0) is 21.0. The van der Waals surface area contributed by atoms with Gasteiger partial charge in [0.2, 0.25) is 10.0 Å². The Bertz CT molecular complexity index is 958. The number of piperidine rings is 1. The molecule has 3 rings (SSSR count). The molecule has 2 N–H and O–H groups in total. The van der Waals surface area contributed by atoms with Crippen molar-refractivity contribution in [3.05, 3.63) is 59.7 Å². The molecule has 0 radical (unpaired) electrons. The van der Waals surface area contributed by atoms with Crippen molar-refractivity contribution in [2.24, 2.45) is 5.92 Å². The number of hydrogen-bond donors (Lipinski definition) is 2. The van der Waals surface area contributed by atoms with E-state index in [2.05, 4.69) is 34.0 Å². The lowest BCUT2D eigenvalue weighted by Crippen LogP contribution is -2.34. The normalized spacial score (nSPS) is 18.2. The molecule has 1 fully saturated rings. The van der Waals surface area contributed by atoms with Gasteiger partial charge in [0.15, 0.2) is 0 Å². The SMILES string of the molecule is C[C@@H]1CCCN(c2ccc([C@@H](C)NC(=O)c3ccccc3NS(C)(=O)=O)cc2)C1. The average molecular weight is 416 g/mol. The zero-order valence-electron chi connectivity index (χ0n) is 17.2. The van der Waals surface area contributed by atoms with Crippen molar-refractivity contribution in [1.82, 2.24) is 5.32 Å². The summed E-state index contributed by atoms with van der Waals surface area (Å²) in [4.78, 5) is 15.1. The molecular weight excluding hydrogens is 386 g/mol. The first-order valence-corrected chi connectivity index (χ1v) is 11.8. The number of carbonyl (C=O) groups is 1. The van der Waals surface area contributed by atoms with Crippen LogP contribution in [0.2, 0.25) is 0 Å². The first-order chi connectivity index (χ1) is 13.7. The van der Waals surface area contributed by atoms with Gasteiger partial charge in [-0.15, -0.1) is 0 Å². The first-order valence-electron chi connectivity index (χ1n) is 9.95. The van der Waals surface area contributed by atoms with E-state index in [4.69, 9.17) is 0 Å². The van der Waals surface area contributed by atoms with Gasteiger partial charge in [0.1, 0.15) is 0 Å². The maximum absolute atomic E-state index is 12.7. The molecule has 2 atom stereocenters. The van der Waals surface area contributed by atoms with Crippen molar-refractivity contribution in [2.45, 2.75) is 32.7 Å². The van der Waals surface area contributed by atoms with E-state index in [1.165, 1.54) is 18.5 Å². The number of rotatable bonds is 6. The van der Waals surface area contributed by atoms with Crippen LogP contribution in [-0.2, 0) is 10.0 Å². The van der Waals surface area contributed by atoms with Crippen LogP contribution >= 0.6 is 0 Å². The fourth-order valence-corrected chi connectivity index (χ4v) is 4.30. The third-order valence-corrected chi connectivity index (χ3v) is 5.82. The van der Waals surface area contributed by atoms with Crippen LogP contribution in [0.5, 0.6) is 0 Å². The van der Waals surface area contributed by atoms with Gasteiger partial charge in [-0.25, -0.2) is 8.42 Å². The molecule has 156 valence electrons. The van der Waals surface area contributed by atoms with Crippen LogP contribution in [0.15, 0.2) is 48.5 Å². The van der Waals surface area contributed by atoms with Crippen LogP contribution in [0.1, 0.15) is 48.7 Å². The van der Waals surface area contributed by atoms with Crippen LogP contribution in [0, 0.1) is 5.92 Å². The molecule has 1 saturated heterocycles. The Morgan fingerprint density at radius 3 is 2.48 bits per heavy atom. The Kier molecular flexibility index (Phi) is 6.47. The lowest BCUT2D eigenvalue weighted by molar-refractivity contribution is 0.0941. The molecule has 0 unspecified atom stereocenters. The maximum atomic E-state index is 12.7. The number of carbonyl (C=O) groups excluding carboxylic acids is 1. The Hall–Kier alpha value is -2.54. The zero-order valence-corrected chi connectivity index (χ0v) is 18.0. The molecule has 1 heterocycles. The Morgan fingerprint density at radius 2 is 1.83 bits per heavy atom. The largest absolute Gasteiger partial charge is 0.371 e. The number of anilines is 2. The van der Waals surface area contributed by atoms with E-state index in [1.54, 1.807) is 24.3 Å². The minimum atomic E-state index is -3.47. The second-order valence-corrected chi connectivity index (χ2v) is 9.65. The fourth-order valence-electron chi connectivity index (χ4n) is 3.73. The minimum Gasteiger partial charge on any atom is -0.371 e. The third-order valence-electron chi connectivity index (χ3n) is 5.23. The fraction of sp³-hybridized carbons (Fsp3) is 0.409. The lowest BCUT2D eigenvalue weighted by atomic mass is 9.99. The van der Waals surface area contributed by atoms with Crippen molar-refractivity contribution in [3.63, 3.8) is 0 Å². The second kappa shape index (κ2) is 8.86. The van der Waals surface area contributed by atoms with E-state index in [9.17, 15) is 13.2 Å². The monoisotopic (exact) mass is 415 g/mol. The third kappa shape index (κ3) is 5.73. The number of sulfonamides is 1. The summed E-state index contributed by atoms with van der Waals surface area (Å²) in [6.45, 7) is 6.37. The molecule has 29 heavy (non-hydrogen) atoms. The van der Waals surface area contributed by atoms with Gasteiger partial charge in [0.05, 0.1) is 23.5 Å². The first kappa shape index (κ1) is 21.2. The standard InChI is InChI=1S/C22H29N3O3S/c1-16-7-6-14-25(15-16)19-12-10-18(11-13-19)17(2)23-22(26)20-8-4-5-9-21(20)24-29(3,27)28/h4-5,8-13,16-17,24H,6-7,14-15H2,1-3H3,(H,23,26)/t16-,17-/m1/s1. The van der Waals surface area contributed by atoms with Crippen molar-refractivity contribution in [1.29, 1.82) is 0 Å². The van der Waals surface area contributed by atoms with Gasteiger partial charge in [-0.2, -0.15) is 0 Å². The van der Waals surface area contributed by atoms with Gasteiger partial charge in [-0.05, 0) is 55.5 Å². The highest BCUT2D eigenvalue weighted by atomic mass is 32.2. The second-order valence-electron chi connectivity index (χ2n) is 7.90. The lowest BCUT2D eigenvalue weighted by Gasteiger charge is -2.33. The molecular formula is C22H29N3O3S. The van der Waals surface area contributed by atoms with E-state index in [0.29, 0.717) is 11.5 Å². The molecule has 0 spiro atoms. The van der Waals surface area contributed by atoms with Crippen molar-refractivity contribution >= 4 is 27.3 Å². The number of nitrogens with one attached hydrogen (secondary N) is 2. The van der Waals surface area contributed by atoms with E-state index < -0.39 is 10.0 Å². The number of hydrogen-bond acceptors (Lipinski definition) is 4. The summed E-state index contributed by atoms with van der Waals surface area (Å²) in [6, 6.07) is 14.7. The van der Waals surface area contributed by atoms with Crippen molar-refractivity contribution in [2.75, 3.05) is 29.0 Å². The predicted octanol–water partition coefficient (Wildman–Crippen LogP) is 3.79. The molecule has 0 saturated carbocycles. The van der Waals surface area contributed by atoms with Crippen LogP contribution in [0.25, 0.3) is 0 Å². The molecule has 0 bridgehead atoms. The molecule has 7 heteroatoms. The highest BCUT2D eigenvalue weighted by molar-refractivity contribution is 7.92. The van der Waals surface area contributed by atoms with Crippen molar-refractivity contribution in [3.8, 4) is 0 Å². The average Bonchev–Trinajstić information content (AvgIpc) is 2.67. The highest BCUT2D eigenvalue weighted by Gasteiger charge is 2.18. The summed E-state index contributed by atoms with van der Waals surface area (Å²) in [5.74, 6) is 0.389. The summed E-state index contributed by atoms with van der Waals surface area (Å²) < 4.78 is 25.5. The van der Waals surface area contributed by atoms with Crippen molar-refractivity contribution < 1.29 is 13.2 Å². The van der Waals surface area contributed by atoms with Gasteiger partial charge in [-0.1, -0.05) is 31.2 Å². The summed E-state index contributed by atoms with van der Waals surface area (Å²) >= 11 is 0. The Morgan fingerprint density at radius 1 is 1.14 bits per heavy atom. The van der Waals surface area contributed by atoms with E-state index in [1.807, 2.05) is 19.1 Å². The Balaban J connectivity index is 1.69. The molecule has 2 aromatic rings. The minimum absolute atomic E-state index is 0.205. The van der Waals surface area contributed by atoms with E-state index in [0.717, 1.165) is 24.9 Å². The van der Waals surface area contributed by atoms with Crippen LogP contribution < -0.4 is 14.9 Å². The van der Waals surface area contributed by atoms with Gasteiger partial charge in [0.25, 0.3) is 5.91 Å². The van der Waals surface area contributed by atoms with Crippen LogP contribution in [0.3, 0.4) is 0 Å². The topological polar surface area (TPSA) is 78.5 Å².